The molecule has 1 saturated carbocycles. The van der Waals surface area contributed by atoms with E-state index in [-0.39, 0.29) is 19.0 Å². The number of carbonyl (C=O) groups excluding carboxylic acids is 2. The third kappa shape index (κ3) is 8.39. The Morgan fingerprint density at radius 2 is 1.80 bits per heavy atom. The number of nitrogens with zero attached hydrogens (tertiary/aromatic N) is 2. The number of carbonyl (C=O) groups is 3. The Labute approximate surface area is 273 Å². The standard InChI is InChI=1S/C33H53N5O7S/c1-5-6-7-8-9-14-24-20-33(24,30(41)42)36-29(40)25-15-12-18-38(25)28(39)21-34-31(43)35-27(32(2,3)4)22-37-19-17-23-13-10-11-16-26(23)46(37,44)45/h10-11,13,16,24-25,27-28,39H,5-9,12,14-15,17-22H2,1-4H3,(H,36,40)(H,41,42)(H2,34,35,43)/t24?,25-,27?,28?,33+/m0/s1. The Morgan fingerprint density at radius 3 is 2.50 bits per heavy atom. The molecule has 2 aliphatic heterocycles. The Balaban J connectivity index is 1.29. The molecule has 1 saturated heterocycles. The lowest BCUT2D eigenvalue weighted by atomic mass is 9.86. The van der Waals surface area contributed by atoms with E-state index in [1.54, 1.807) is 17.0 Å². The maximum atomic E-state index is 13.3. The number of urea groups is 1. The van der Waals surface area contributed by atoms with Gasteiger partial charge >= 0.3 is 12.0 Å². The molecule has 4 rings (SSSR count). The van der Waals surface area contributed by atoms with Crippen LogP contribution in [0.15, 0.2) is 29.2 Å². The second kappa shape index (κ2) is 15.0. The Hall–Kier alpha value is -2.74. The van der Waals surface area contributed by atoms with Crippen LogP contribution in [0.1, 0.15) is 91.0 Å². The van der Waals surface area contributed by atoms with Gasteiger partial charge in [0.05, 0.1) is 17.5 Å². The Morgan fingerprint density at radius 1 is 1.09 bits per heavy atom. The van der Waals surface area contributed by atoms with Gasteiger partial charge in [0.2, 0.25) is 15.9 Å². The molecule has 5 N–H and O–H groups in total. The summed E-state index contributed by atoms with van der Waals surface area (Å²) < 4.78 is 28.1. The van der Waals surface area contributed by atoms with Gasteiger partial charge in [-0.25, -0.2) is 18.0 Å². The molecular formula is C33H53N5O7S. The minimum absolute atomic E-state index is 0.0915. The number of aliphatic hydroxyl groups excluding tert-OH is 1. The Bertz CT molecular complexity index is 1350. The number of likely N-dealkylation sites (tertiary alicyclic amines) is 1. The van der Waals surface area contributed by atoms with E-state index < -0.39 is 57.2 Å². The van der Waals surface area contributed by atoms with Gasteiger partial charge in [-0.15, -0.1) is 0 Å². The van der Waals surface area contributed by atoms with Crippen molar-refractivity contribution in [3.63, 3.8) is 0 Å². The van der Waals surface area contributed by atoms with Crippen molar-refractivity contribution >= 4 is 27.9 Å². The van der Waals surface area contributed by atoms with E-state index in [2.05, 4.69) is 22.9 Å². The number of hydrogen-bond acceptors (Lipinski definition) is 7. The van der Waals surface area contributed by atoms with Crippen LogP contribution in [0.5, 0.6) is 0 Å². The van der Waals surface area contributed by atoms with Gasteiger partial charge in [-0.1, -0.05) is 78.0 Å². The van der Waals surface area contributed by atoms with E-state index in [0.717, 1.165) is 44.1 Å². The molecule has 0 spiro atoms. The van der Waals surface area contributed by atoms with Crippen LogP contribution < -0.4 is 16.0 Å². The number of carboxylic acids is 1. The molecule has 13 heteroatoms. The largest absolute Gasteiger partial charge is 0.479 e. The molecule has 12 nitrogen and oxygen atoms in total. The van der Waals surface area contributed by atoms with Gasteiger partial charge in [0.25, 0.3) is 0 Å². The number of sulfonamides is 1. The second-order valence-electron chi connectivity index (χ2n) is 14.2. The predicted octanol–water partition coefficient (Wildman–Crippen LogP) is 3.05. The lowest BCUT2D eigenvalue weighted by Crippen LogP contribution is -2.57. The number of nitrogens with one attached hydrogen (secondary N) is 3. The molecule has 0 bridgehead atoms. The molecule has 3 unspecified atom stereocenters. The number of aliphatic carboxylic acids is 1. The van der Waals surface area contributed by atoms with E-state index in [1.807, 2.05) is 32.9 Å². The van der Waals surface area contributed by atoms with Crippen molar-refractivity contribution in [2.45, 2.75) is 121 Å². The fourth-order valence-corrected chi connectivity index (χ4v) is 8.48. The lowest BCUT2D eigenvalue weighted by Gasteiger charge is -2.37. The average molecular weight is 664 g/mol. The average Bonchev–Trinajstić information content (AvgIpc) is 3.46. The maximum absolute atomic E-state index is 13.3. The van der Waals surface area contributed by atoms with Crippen molar-refractivity contribution in [1.82, 2.24) is 25.2 Å². The van der Waals surface area contributed by atoms with Gasteiger partial charge in [0.15, 0.2) is 0 Å². The van der Waals surface area contributed by atoms with E-state index in [0.29, 0.717) is 43.7 Å². The zero-order valence-electron chi connectivity index (χ0n) is 27.8. The molecule has 258 valence electrons. The van der Waals surface area contributed by atoms with Crippen LogP contribution in [0.2, 0.25) is 0 Å². The second-order valence-corrected chi connectivity index (χ2v) is 16.1. The molecule has 46 heavy (non-hydrogen) atoms. The number of hydrogen-bond donors (Lipinski definition) is 5. The SMILES string of the molecule is CCCCCCCC1C[C@]1(NC(=O)[C@@H]1CCCN1C(O)CNC(=O)NC(CN1CCc2ccccc2S1(=O)=O)C(C)(C)C)C(=O)O. The van der Waals surface area contributed by atoms with E-state index in [4.69, 9.17) is 0 Å². The third-order valence-corrected chi connectivity index (χ3v) is 11.8. The van der Waals surface area contributed by atoms with Crippen LogP contribution in [0, 0.1) is 11.3 Å². The highest BCUT2D eigenvalue weighted by Crippen LogP contribution is 2.47. The van der Waals surface area contributed by atoms with Crippen LogP contribution in [0.3, 0.4) is 0 Å². The van der Waals surface area contributed by atoms with E-state index >= 15 is 0 Å². The van der Waals surface area contributed by atoms with Crippen LogP contribution in [0.4, 0.5) is 4.79 Å². The lowest BCUT2D eigenvalue weighted by molar-refractivity contribution is -0.145. The molecule has 2 heterocycles. The summed E-state index contributed by atoms with van der Waals surface area (Å²) in [7, 11) is -3.71. The first kappa shape index (κ1) is 36.1. The summed E-state index contributed by atoms with van der Waals surface area (Å²) >= 11 is 0. The number of unbranched alkanes of at least 4 members (excludes halogenated alkanes) is 4. The van der Waals surface area contributed by atoms with Gasteiger partial charge in [0, 0.05) is 25.7 Å². The zero-order chi connectivity index (χ0) is 33.7. The van der Waals surface area contributed by atoms with Crippen molar-refractivity contribution in [2.75, 3.05) is 26.2 Å². The topological polar surface area (TPSA) is 168 Å². The first-order valence-electron chi connectivity index (χ1n) is 16.8. The van der Waals surface area contributed by atoms with Gasteiger partial charge in [-0.3, -0.25) is 9.69 Å². The monoisotopic (exact) mass is 663 g/mol. The van der Waals surface area contributed by atoms with Gasteiger partial charge in [0.1, 0.15) is 11.8 Å². The van der Waals surface area contributed by atoms with E-state index in [1.165, 1.54) is 4.31 Å². The van der Waals surface area contributed by atoms with Gasteiger partial charge < -0.3 is 26.2 Å². The molecule has 1 aliphatic carbocycles. The van der Waals surface area contributed by atoms with Crippen LogP contribution >= 0.6 is 0 Å². The molecule has 1 aromatic rings. The highest BCUT2D eigenvalue weighted by molar-refractivity contribution is 7.89. The molecule has 0 aromatic heterocycles. The van der Waals surface area contributed by atoms with Crippen LogP contribution in [-0.4, -0.2) is 95.8 Å². The zero-order valence-corrected chi connectivity index (χ0v) is 28.6. The number of carboxylic acid groups (broad SMARTS) is 1. The smallest absolute Gasteiger partial charge is 0.329 e. The Kier molecular flexibility index (Phi) is 11.8. The summed E-state index contributed by atoms with van der Waals surface area (Å²) in [4.78, 5) is 40.4. The summed E-state index contributed by atoms with van der Waals surface area (Å²) in [6.07, 6.45) is 7.16. The molecule has 1 aromatic carbocycles. The number of fused-ring (bicyclic) bond motifs is 1. The van der Waals surface area contributed by atoms with Gasteiger partial charge in [-0.05, 0) is 55.1 Å². The molecule has 3 amide bonds. The molecule has 3 aliphatic rings. The van der Waals surface area contributed by atoms with Crippen molar-refractivity contribution < 1.29 is 33.0 Å². The first-order chi connectivity index (χ1) is 21.7. The van der Waals surface area contributed by atoms with Crippen LogP contribution in [-0.2, 0) is 26.0 Å². The fraction of sp³-hybridized carbons (Fsp3) is 0.727. The summed E-state index contributed by atoms with van der Waals surface area (Å²) in [6.45, 7) is 8.59. The molecular weight excluding hydrogens is 610 g/mol. The minimum atomic E-state index is -3.71. The predicted molar refractivity (Wildman–Crippen MR) is 174 cm³/mol. The van der Waals surface area contributed by atoms with Crippen molar-refractivity contribution in [3.8, 4) is 0 Å². The van der Waals surface area contributed by atoms with Gasteiger partial charge in [-0.2, -0.15) is 4.31 Å². The first-order valence-corrected chi connectivity index (χ1v) is 18.3. The van der Waals surface area contributed by atoms with Crippen molar-refractivity contribution in [1.29, 1.82) is 0 Å². The number of amides is 3. The maximum Gasteiger partial charge on any atom is 0.329 e. The summed E-state index contributed by atoms with van der Waals surface area (Å²) in [6, 6.07) is 5.17. The highest BCUT2D eigenvalue weighted by atomic mass is 32.2. The summed E-state index contributed by atoms with van der Waals surface area (Å²) in [5.41, 5.74) is -0.936. The molecule has 5 atom stereocenters. The number of rotatable bonds is 15. The summed E-state index contributed by atoms with van der Waals surface area (Å²) in [5.74, 6) is -1.52. The quantitative estimate of drug-likeness (QED) is 0.179. The normalized spacial score (nSPS) is 25.7. The highest BCUT2D eigenvalue weighted by Gasteiger charge is 2.61. The van der Waals surface area contributed by atoms with Crippen molar-refractivity contribution in [2.24, 2.45) is 11.3 Å². The van der Waals surface area contributed by atoms with E-state index in [9.17, 15) is 33.0 Å². The number of benzene rings is 1. The minimum Gasteiger partial charge on any atom is -0.479 e. The molecule has 2 fully saturated rings. The fourth-order valence-electron chi connectivity index (χ4n) is 6.78. The van der Waals surface area contributed by atoms with Crippen molar-refractivity contribution in [3.05, 3.63) is 29.8 Å². The third-order valence-electron chi connectivity index (χ3n) is 9.87. The number of aliphatic hydroxyl groups is 1. The summed E-state index contributed by atoms with van der Waals surface area (Å²) in [5, 5.41) is 29.4. The molecule has 0 radical (unpaired) electrons. The van der Waals surface area contributed by atoms with Crippen LogP contribution in [0.25, 0.3) is 0 Å².